The van der Waals surface area contributed by atoms with Gasteiger partial charge in [0.05, 0.1) is 13.0 Å². The second-order valence-corrected chi connectivity index (χ2v) is 5.98. The van der Waals surface area contributed by atoms with Crippen molar-refractivity contribution in [1.82, 2.24) is 5.32 Å². The number of carboxylic acid groups (broad SMARTS) is 1. The summed E-state index contributed by atoms with van der Waals surface area (Å²) in [5, 5.41) is 11.5. The van der Waals surface area contributed by atoms with Gasteiger partial charge in [0.1, 0.15) is 11.1 Å². The largest absolute Gasteiger partial charge is 0.481 e. The average Bonchev–Trinajstić information content (AvgIpc) is 2.70. The molecule has 2 atom stereocenters. The third kappa shape index (κ3) is 3.85. The van der Waals surface area contributed by atoms with Gasteiger partial charge in [0.25, 0.3) is 0 Å². The van der Waals surface area contributed by atoms with Crippen molar-refractivity contribution in [2.24, 2.45) is 5.92 Å². The van der Waals surface area contributed by atoms with Crippen molar-refractivity contribution < 1.29 is 29.0 Å². The zero-order chi connectivity index (χ0) is 15.6. The van der Waals surface area contributed by atoms with Crippen LogP contribution in [0.15, 0.2) is 0 Å². The molecule has 1 rings (SSSR count). The summed E-state index contributed by atoms with van der Waals surface area (Å²) in [7, 11) is 1.20. The lowest BCUT2D eigenvalue weighted by Gasteiger charge is -2.29. The molecule has 0 aromatic heterocycles. The highest BCUT2D eigenvalue weighted by atomic mass is 16.6. The van der Waals surface area contributed by atoms with Gasteiger partial charge in [0, 0.05) is 0 Å². The van der Waals surface area contributed by atoms with Gasteiger partial charge >= 0.3 is 18.0 Å². The highest BCUT2D eigenvalue weighted by Gasteiger charge is 2.50. The SMILES string of the molecule is COC(=O)[C@]1(NC(=O)OC(C)(C)C)CC[C@@H](C(=O)O)C1. The summed E-state index contributed by atoms with van der Waals surface area (Å²) in [6.07, 6.45) is -0.224. The van der Waals surface area contributed by atoms with Crippen LogP contribution in [-0.4, -0.2) is 41.4 Å². The van der Waals surface area contributed by atoms with Gasteiger partial charge in [-0.25, -0.2) is 9.59 Å². The third-order valence-electron chi connectivity index (χ3n) is 3.18. The summed E-state index contributed by atoms with van der Waals surface area (Å²) in [6, 6.07) is 0. The summed E-state index contributed by atoms with van der Waals surface area (Å²) in [4.78, 5) is 34.8. The Hall–Kier alpha value is -1.79. The number of hydrogen-bond acceptors (Lipinski definition) is 5. The molecule has 1 aliphatic carbocycles. The first kappa shape index (κ1) is 16.3. The second kappa shape index (κ2) is 5.68. The molecule has 0 aliphatic heterocycles. The number of carbonyl (C=O) groups is 3. The molecule has 0 heterocycles. The van der Waals surface area contributed by atoms with Crippen LogP contribution >= 0.6 is 0 Å². The van der Waals surface area contributed by atoms with Crippen LogP contribution < -0.4 is 5.32 Å². The van der Waals surface area contributed by atoms with Crippen molar-refractivity contribution in [2.45, 2.75) is 51.2 Å². The Balaban J connectivity index is 2.84. The highest BCUT2D eigenvalue weighted by Crippen LogP contribution is 2.36. The Labute approximate surface area is 117 Å². The zero-order valence-electron chi connectivity index (χ0n) is 12.2. The first-order valence-electron chi connectivity index (χ1n) is 6.42. The molecule has 0 radical (unpaired) electrons. The van der Waals surface area contributed by atoms with E-state index in [0.29, 0.717) is 6.42 Å². The first-order chi connectivity index (χ1) is 9.09. The van der Waals surface area contributed by atoms with E-state index in [9.17, 15) is 14.4 Å². The predicted octanol–water partition coefficient (Wildman–Crippen LogP) is 1.31. The number of carbonyl (C=O) groups excluding carboxylic acids is 2. The number of amides is 1. The smallest absolute Gasteiger partial charge is 0.408 e. The maximum atomic E-state index is 11.9. The fraction of sp³-hybridized carbons (Fsp3) is 0.769. The van der Waals surface area contributed by atoms with E-state index in [2.05, 4.69) is 5.32 Å². The van der Waals surface area contributed by atoms with E-state index in [4.69, 9.17) is 14.6 Å². The van der Waals surface area contributed by atoms with Crippen LogP contribution in [-0.2, 0) is 19.1 Å². The Morgan fingerprint density at radius 3 is 2.30 bits per heavy atom. The van der Waals surface area contributed by atoms with Crippen LogP contribution in [0.4, 0.5) is 4.79 Å². The normalized spacial score (nSPS) is 25.9. The van der Waals surface area contributed by atoms with Crippen LogP contribution in [0.1, 0.15) is 40.0 Å². The van der Waals surface area contributed by atoms with Crippen LogP contribution in [0.3, 0.4) is 0 Å². The van der Waals surface area contributed by atoms with Gasteiger partial charge < -0.3 is 19.9 Å². The summed E-state index contributed by atoms with van der Waals surface area (Å²) in [5.74, 6) is -2.31. The van der Waals surface area contributed by atoms with Gasteiger partial charge in [-0.15, -0.1) is 0 Å². The molecule has 7 nitrogen and oxygen atoms in total. The Morgan fingerprint density at radius 2 is 1.90 bits per heavy atom. The van der Waals surface area contributed by atoms with Crippen LogP contribution in [0, 0.1) is 5.92 Å². The minimum Gasteiger partial charge on any atom is -0.481 e. The van der Waals surface area contributed by atoms with Crippen molar-refractivity contribution in [2.75, 3.05) is 7.11 Å². The molecule has 1 aliphatic rings. The summed E-state index contributed by atoms with van der Waals surface area (Å²) < 4.78 is 9.80. The molecule has 114 valence electrons. The van der Waals surface area contributed by atoms with E-state index < -0.39 is 35.1 Å². The van der Waals surface area contributed by atoms with Crippen LogP contribution in [0.2, 0.25) is 0 Å². The van der Waals surface area contributed by atoms with Gasteiger partial charge in [-0.3, -0.25) is 4.79 Å². The third-order valence-corrected chi connectivity index (χ3v) is 3.18. The number of alkyl carbamates (subject to hydrolysis) is 1. The van der Waals surface area contributed by atoms with Crippen molar-refractivity contribution in [3.8, 4) is 0 Å². The fourth-order valence-electron chi connectivity index (χ4n) is 2.30. The Morgan fingerprint density at radius 1 is 1.30 bits per heavy atom. The molecule has 1 saturated carbocycles. The Kier molecular flexibility index (Phi) is 4.62. The van der Waals surface area contributed by atoms with Crippen molar-refractivity contribution in [3.05, 3.63) is 0 Å². The number of aliphatic carboxylic acids is 1. The van der Waals surface area contributed by atoms with E-state index in [1.165, 1.54) is 7.11 Å². The number of carboxylic acids is 1. The molecule has 0 saturated heterocycles. The zero-order valence-corrected chi connectivity index (χ0v) is 12.2. The van der Waals surface area contributed by atoms with Crippen molar-refractivity contribution in [1.29, 1.82) is 0 Å². The topological polar surface area (TPSA) is 102 Å². The van der Waals surface area contributed by atoms with Gasteiger partial charge in [0.2, 0.25) is 0 Å². The minimum atomic E-state index is -1.32. The molecule has 20 heavy (non-hydrogen) atoms. The lowest BCUT2D eigenvalue weighted by molar-refractivity contribution is -0.149. The first-order valence-corrected chi connectivity index (χ1v) is 6.42. The van der Waals surface area contributed by atoms with E-state index in [1.807, 2.05) is 0 Å². The molecule has 1 fully saturated rings. The minimum absolute atomic E-state index is 0.00818. The molecule has 2 N–H and O–H groups in total. The van der Waals surface area contributed by atoms with Crippen LogP contribution in [0.5, 0.6) is 0 Å². The fourth-order valence-corrected chi connectivity index (χ4v) is 2.30. The molecule has 0 aromatic carbocycles. The molecular formula is C13H21NO6. The van der Waals surface area contributed by atoms with E-state index in [-0.39, 0.29) is 12.8 Å². The number of ether oxygens (including phenoxy) is 2. The van der Waals surface area contributed by atoms with Gasteiger partial charge in [-0.2, -0.15) is 0 Å². The van der Waals surface area contributed by atoms with E-state index in [1.54, 1.807) is 20.8 Å². The molecule has 0 aromatic rings. The average molecular weight is 287 g/mol. The summed E-state index contributed by atoms with van der Waals surface area (Å²) in [5.41, 5.74) is -2.02. The van der Waals surface area contributed by atoms with Gasteiger partial charge in [-0.1, -0.05) is 0 Å². The number of nitrogens with one attached hydrogen (secondary N) is 1. The quantitative estimate of drug-likeness (QED) is 0.759. The lowest BCUT2D eigenvalue weighted by Crippen LogP contribution is -2.54. The maximum Gasteiger partial charge on any atom is 0.408 e. The predicted molar refractivity (Wildman–Crippen MR) is 69.1 cm³/mol. The van der Waals surface area contributed by atoms with Gasteiger partial charge in [0.15, 0.2) is 0 Å². The van der Waals surface area contributed by atoms with Gasteiger partial charge in [-0.05, 0) is 40.0 Å². The van der Waals surface area contributed by atoms with E-state index in [0.717, 1.165) is 0 Å². The Bertz CT molecular complexity index is 414. The second-order valence-electron chi connectivity index (χ2n) is 5.98. The number of hydrogen-bond donors (Lipinski definition) is 2. The van der Waals surface area contributed by atoms with Crippen molar-refractivity contribution in [3.63, 3.8) is 0 Å². The maximum absolute atomic E-state index is 11.9. The molecule has 0 unspecified atom stereocenters. The standard InChI is InChI=1S/C13H21NO6/c1-12(2,3)20-11(18)14-13(10(17)19-4)6-5-8(7-13)9(15)16/h8H,5-7H2,1-4H3,(H,14,18)(H,15,16)/t8-,13+/m1/s1. The summed E-state index contributed by atoms with van der Waals surface area (Å²) in [6.45, 7) is 5.10. The molecular weight excluding hydrogens is 266 g/mol. The highest BCUT2D eigenvalue weighted by molar-refractivity contribution is 5.87. The number of rotatable bonds is 3. The molecule has 1 amide bonds. The van der Waals surface area contributed by atoms with E-state index >= 15 is 0 Å². The van der Waals surface area contributed by atoms with Crippen molar-refractivity contribution >= 4 is 18.0 Å². The number of methoxy groups -OCH3 is 1. The lowest BCUT2D eigenvalue weighted by atomic mass is 9.96. The molecule has 0 bridgehead atoms. The van der Waals surface area contributed by atoms with Crippen LogP contribution in [0.25, 0.3) is 0 Å². The monoisotopic (exact) mass is 287 g/mol. The summed E-state index contributed by atoms with van der Waals surface area (Å²) >= 11 is 0. The molecule has 0 spiro atoms. The number of esters is 1. The molecule has 7 heteroatoms.